The Bertz CT molecular complexity index is 439. The van der Waals surface area contributed by atoms with Gasteiger partial charge in [0.15, 0.2) is 5.65 Å². The Balaban J connectivity index is 2.43. The van der Waals surface area contributed by atoms with E-state index in [1.54, 1.807) is 13.2 Å². The summed E-state index contributed by atoms with van der Waals surface area (Å²) in [5.74, 6) is 0.578. The summed E-state index contributed by atoms with van der Waals surface area (Å²) in [6, 6.07) is 4.12. The van der Waals surface area contributed by atoms with Crippen molar-refractivity contribution in [1.82, 2.24) is 15.0 Å². The monoisotopic (exact) mass is 193 g/mol. The van der Waals surface area contributed by atoms with Gasteiger partial charge in [0, 0.05) is 6.07 Å². The van der Waals surface area contributed by atoms with Gasteiger partial charge in [-0.05, 0) is 13.0 Å². The van der Waals surface area contributed by atoms with E-state index in [1.807, 2.05) is 13.0 Å². The molecule has 2 aromatic heterocycles. The highest BCUT2D eigenvalue weighted by molar-refractivity contribution is 5.71. The Morgan fingerprint density at radius 3 is 2.93 bits per heavy atom. The van der Waals surface area contributed by atoms with Crippen molar-refractivity contribution in [3.05, 3.63) is 12.1 Å². The number of hydrogen-bond acceptors (Lipinski definition) is 4. The van der Waals surface area contributed by atoms with E-state index in [1.165, 1.54) is 0 Å². The first kappa shape index (κ1) is 8.80. The van der Waals surface area contributed by atoms with Gasteiger partial charge in [0.05, 0.1) is 19.2 Å². The second-order valence-corrected chi connectivity index (χ2v) is 2.70. The molecule has 0 aromatic carbocycles. The summed E-state index contributed by atoms with van der Waals surface area (Å²) < 4.78 is 10.2. The number of methoxy groups -OCH3 is 1. The number of nitrogens with one attached hydrogen (secondary N) is 1. The van der Waals surface area contributed by atoms with Crippen LogP contribution in [0.2, 0.25) is 0 Å². The molecule has 2 aromatic rings. The quantitative estimate of drug-likeness (QED) is 0.799. The van der Waals surface area contributed by atoms with Crippen LogP contribution in [0, 0.1) is 0 Å². The Labute approximate surface area is 81.1 Å². The fourth-order valence-corrected chi connectivity index (χ4v) is 1.18. The predicted molar refractivity (Wildman–Crippen MR) is 51.6 cm³/mol. The Kier molecular flexibility index (Phi) is 2.22. The lowest BCUT2D eigenvalue weighted by Crippen LogP contribution is -1.93. The van der Waals surface area contributed by atoms with Crippen molar-refractivity contribution in [2.75, 3.05) is 13.7 Å². The van der Waals surface area contributed by atoms with Gasteiger partial charge in [0.2, 0.25) is 5.88 Å². The van der Waals surface area contributed by atoms with Crippen LogP contribution in [0.1, 0.15) is 6.92 Å². The fraction of sp³-hybridized carbons (Fsp3) is 0.333. The molecule has 0 atom stereocenters. The summed E-state index contributed by atoms with van der Waals surface area (Å²) in [4.78, 5) is 11.3. The van der Waals surface area contributed by atoms with Crippen molar-refractivity contribution < 1.29 is 9.47 Å². The average Bonchev–Trinajstić information content (AvgIpc) is 2.60. The maximum Gasteiger partial charge on any atom is 0.295 e. The van der Waals surface area contributed by atoms with Crippen LogP contribution in [0.15, 0.2) is 12.1 Å². The molecule has 0 saturated heterocycles. The number of hydrogen-bond donors (Lipinski definition) is 1. The number of fused-ring (bicyclic) bond motifs is 1. The van der Waals surface area contributed by atoms with Gasteiger partial charge in [-0.25, -0.2) is 0 Å². The topological polar surface area (TPSA) is 60.0 Å². The van der Waals surface area contributed by atoms with E-state index in [9.17, 15) is 0 Å². The minimum Gasteiger partial charge on any atom is -0.478 e. The number of H-pyrrole nitrogens is 1. The van der Waals surface area contributed by atoms with Crippen LogP contribution < -0.4 is 9.47 Å². The van der Waals surface area contributed by atoms with Gasteiger partial charge in [-0.2, -0.15) is 9.97 Å². The minimum absolute atomic E-state index is 0.459. The third kappa shape index (κ3) is 1.48. The van der Waals surface area contributed by atoms with E-state index in [2.05, 4.69) is 15.0 Å². The number of aromatic amines is 1. The fourth-order valence-electron chi connectivity index (χ4n) is 1.18. The second-order valence-electron chi connectivity index (χ2n) is 2.70. The molecule has 2 rings (SSSR count). The van der Waals surface area contributed by atoms with E-state index >= 15 is 0 Å². The molecule has 0 bridgehead atoms. The van der Waals surface area contributed by atoms with Gasteiger partial charge in [0.1, 0.15) is 0 Å². The third-order valence-corrected chi connectivity index (χ3v) is 1.78. The molecule has 74 valence electrons. The second kappa shape index (κ2) is 3.53. The van der Waals surface area contributed by atoms with E-state index in [4.69, 9.17) is 9.47 Å². The number of ether oxygens (including phenoxy) is 2. The van der Waals surface area contributed by atoms with Crippen molar-refractivity contribution in [3.8, 4) is 11.9 Å². The lowest BCUT2D eigenvalue weighted by Gasteiger charge is -1.99. The molecule has 0 aliphatic carbocycles. The van der Waals surface area contributed by atoms with Crippen molar-refractivity contribution in [2.24, 2.45) is 0 Å². The lowest BCUT2D eigenvalue weighted by atomic mass is 10.4. The summed E-state index contributed by atoms with van der Waals surface area (Å²) in [5.41, 5.74) is 1.44. The van der Waals surface area contributed by atoms with Gasteiger partial charge >= 0.3 is 0 Å². The molecule has 0 aliphatic rings. The maximum atomic E-state index is 5.25. The smallest absolute Gasteiger partial charge is 0.295 e. The van der Waals surface area contributed by atoms with E-state index in [-0.39, 0.29) is 0 Å². The molecule has 0 radical (unpaired) electrons. The van der Waals surface area contributed by atoms with Crippen LogP contribution in [0.5, 0.6) is 11.9 Å². The molecule has 14 heavy (non-hydrogen) atoms. The van der Waals surface area contributed by atoms with Crippen molar-refractivity contribution in [1.29, 1.82) is 0 Å². The van der Waals surface area contributed by atoms with Gasteiger partial charge < -0.3 is 14.5 Å². The van der Waals surface area contributed by atoms with Gasteiger partial charge in [0.25, 0.3) is 6.01 Å². The Morgan fingerprint density at radius 2 is 2.21 bits per heavy atom. The van der Waals surface area contributed by atoms with Crippen molar-refractivity contribution in [2.45, 2.75) is 6.92 Å². The lowest BCUT2D eigenvalue weighted by molar-refractivity contribution is 0.328. The van der Waals surface area contributed by atoms with Crippen molar-refractivity contribution in [3.63, 3.8) is 0 Å². The van der Waals surface area contributed by atoms with E-state index in [0.717, 1.165) is 5.52 Å². The number of pyridine rings is 1. The van der Waals surface area contributed by atoms with Crippen molar-refractivity contribution >= 4 is 11.2 Å². The molecule has 0 unspecified atom stereocenters. The molecule has 5 heteroatoms. The zero-order valence-electron chi connectivity index (χ0n) is 8.07. The standard InChI is InChI=1S/C9H11N3O2/c1-3-14-7-5-4-6-8(11-7)12-9(10-6)13-2/h4-5H,3H2,1-2H3,(H,10,11,12). The third-order valence-electron chi connectivity index (χ3n) is 1.78. The van der Waals surface area contributed by atoms with Crippen LogP contribution in [-0.4, -0.2) is 28.7 Å². The van der Waals surface area contributed by atoms with Crippen LogP contribution in [0.4, 0.5) is 0 Å². The van der Waals surface area contributed by atoms with E-state index < -0.39 is 0 Å². The highest BCUT2D eigenvalue weighted by Gasteiger charge is 2.04. The molecule has 5 nitrogen and oxygen atoms in total. The van der Waals surface area contributed by atoms with E-state index in [0.29, 0.717) is 24.1 Å². The molecule has 1 N–H and O–H groups in total. The average molecular weight is 193 g/mol. The summed E-state index contributed by atoms with van der Waals surface area (Å²) in [7, 11) is 1.56. The molecular weight excluding hydrogens is 182 g/mol. The summed E-state index contributed by atoms with van der Waals surface area (Å²) >= 11 is 0. The highest BCUT2D eigenvalue weighted by atomic mass is 16.5. The Morgan fingerprint density at radius 1 is 1.36 bits per heavy atom. The number of rotatable bonds is 3. The summed E-state index contributed by atoms with van der Waals surface area (Å²) in [6.45, 7) is 2.51. The molecule has 0 aliphatic heterocycles. The van der Waals surface area contributed by atoms with Gasteiger partial charge in [-0.3, -0.25) is 0 Å². The first-order valence-corrected chi connectivity index (χ1v) is 4.37. The molecular formula is C9H11N3O2. The first-order valence-electron chi connectivity index (χ1n) is 4.37. The van der Waals surface area contributed by atoms with Gasteiger partial charge in [-0.15, -0.1) is 0 Å². The largest absolute Gasteiger partial charge is 0.478 e. The zero-order valence-corrected chi connectivity index (χ0v) is 8.07. The molecule has 0 spiro atoms. The molecule has 0 saturated carbocycles. The minimum atomic E-state index is 0.459. The maximum absolute atomic E-state index is 5.25. The summed E-state index contributed by atoms with van der Waals surface area (Å²) in [6.07, 6.45) is 0. The molecule has 2 heterocycles. The first-order chi connectivity index (χ1) is 6.83. The normalized spacial score (nSPS) is 10.4. The zero-order chi connectivity index (χ0) is 9.97. The van der Waals surface area contributed by atoms with Crippen LogP contribution in [-0.2, 0) is 0 Å². The Hall–Kier alpha value is -1.78. The predicted octanol–water partition coefficient (Wildman–Crippen LogP) is 1.37. The summed E-state index contributed by atoms with van der Waals surface area (Å²) in [5, 5.41) is 0. The molecule has 0 fully saturated rings. The SMILES string of the molecule is CCOc1ccc2[nH]c(OC)nc2n1. The number of imidazole rings is 1. The van der Waals surface area contributed by atoms with Crippen LogP contribution in [0.3, 0.4) is 0 Å². The number of nitrogens with zero attached hydrogens (tertiary/aromatic N) is 2. The van der Waals surface area contributed by atoms with Crippen LogP contribution >= 0.6 is 0 Å². The van der Waals surface area contributed by atoms with Crippen LogP contribution in [0.25, 0.3) is 11.2 Å². The van der Waals surface area contributed by atoms with Gasteiger partial charge in [-0.1, -0.05) is 0 Å². The molecule has 0 amide bonds. The number of aromatic nitrogens is 3. The highest BCUT2D eigenvalue weighted by Crippen LogP contribution is 2.17.